The first kappa shape index (κ1) is 16.5. The van der Waals surface area contributed by atoms with E-state index in [9.17, 15) is 14.7 Å². The Kier molecular flexibility index (Phi) is 5.97. The predicted molar refractivity (Wildman–Crippen MR) is 88.0 cm³/mol. The van der Waals surface area contributed by atoms with E-state index in [1.165, 1.54) is 0 Å². The van der Waals surface area contributed by atoms with Crippen molar-refractivity contribution in [1.82, 2.24) is 15.1 Å². The summed E-state index contributed by atoms with van der Waals surface area (Å²) < 4.78 is 1.14. The van der Waals surface area contributed by atoms with Gasteiger partial charge in [0.15, 0.2) is 0 Å². The summed E-state index contributed by atoms with van der Waals surface area (Å²) in [4.78, 5) is 24.3. The lowest BCUT2D eigenvalue weighted by atomic mass is 10.2. The largest absolute Gasteiger partial charge is 0.394 e. The van der Waals surface area contributed by atoms with Gasteiger partial charge in [-0.15, -0.1) is 0 Å². The van der Waals surface area contributed by atoms with E-state index in [2.05, 4.69) is 10.4 Å². The van der Waals surface area contributed by atoms with Gasteiger partial charge in [0.05, 0.1) is 24.2 Å². The van der Waals surface area contributed by atoms with Gasteiger partial charge in [0, 0.05) is 5.39 Å². The summed E-state index contributed by atoms with van der Waals surface area (Å²) in [5.74, 6) is 0.518. The second kappa shape index (κ2) is 7.95. The third-order valence-electron chi connectivity index (χ3n) is 3.31. The molecule has 118 valence electrons. The molecule has 0 fully saturated rings. The third kappa shape index (κ3) is 4.08. The third-order valence-corrected chi connectivity index (χ3v) is 3.96. The Morgan fingerprint density at radius 2 is 2.23 bits per heavy atom. The highest BCUT2D eigenvalue weighted by Gasteiger charge is 2.13. The van der Waals surface area contributed by atoms with Crippen molar-refractivity contribution in [2.45, 2.75) is 19.0 Å². The van der Waals surface area contributed by atoms with Crippen molar-refractivity contribution in [2.75, 3.05) is 18.6 Å². The van der Waals surface area contributed by atoms with Gasteiger partial charge in [-0.1, -0.05) is 18.2 Å². The highest BCUT2D eigenvalue weighted by molar-refractivity contribution is 7.98. The summed E-state index contributed by atoms with van der Waals surface area (Å²) in [5, 5.41) is 17.3. The van der Waals surface area contributed by atoms with Crippen molar-refractivity contribution in [3.8, 4) is 0 Å². The van der Waals surface area contributed by atoms with Crippen molar-refractivity contribution >= 4 is 28.4 Å². The highest BCUT2D eigenvalue weighted by Crippen LogP contribution is 2.06. The van der Waals surface area contributed by atoms with E-state index in [0.29, 0.717) is 11.8 Å². The van der Waals surface area contributed by atoms with Crippen LogP contribution in [0.15, 0.2) is 35.3 Å². The molecule has 1 heterocycles. The molecule has 1 aromatic carbocycles. The number of thioether (sulfide) groups is 1. The Balaban J connectivity index is 2.08. The molecule has 2 aromatic rings. The number of aliphatic hydroxyl groups excluding tert-OH is 1. The zero-order valence-corrected chi connectivity index (χ0v) is 13.2. The molecule has 0 radical (unpaired) electrons. The van der Waals surface area contributed by atoms with E-state index >= 15 is 0 Å². The fourth-order valence-electron chi connectivity index (χ4n) is 2.12. The second-order valence-electron chi connectivity index (χ2n) is 4.92. The number of carbonyl (C=O) groups excluding carboxylic acids is 1. The first-order chi connectivity index (χ1) is 10.7. The molecule has 1 unspecified atom stereocenters. The number of nitrogens with zero attached hydrogens (tertiary/aromatic N) is 2. The van der Waals surface area contributed by atoms with Crippen LogP contribution >= 0.6 is 11.8 Å². The number of benzene rings is 1. The minimum absolute atomic E-state index is 0.119. The van der Waals surface area contributed by atoms with E-state index in [1.54, 1.807) is 36.2 Å². The molecule has 1 amide bonds. The Morgan fingerprint density at radius 3 is 2.95 bits per heavy atom. The Labute approximate surface area is 132 Å². The maximum absolute atomic E-state index is 12.3. The molecular weight excluding hydrogens is 302 g/mol. The summed E-state index contributed by atoms with van der Waals surface area (Å²) in [6, 6.07) is 6.83. The lowest BCUT2D eigenvalue weighted by Crippen LogP contribution is -2.41. The van der Waals surface area contributed by atoms with Gasteiger partial charge in [-0.3, -0.25) is 9.59 Å². The Morgan fingerprint density at radius 1 is 1.45 bits per heavy atom. The number of hydrogen-bond donors (Lipinski definition) is 2. The van der Waals surface area contributed by atoms with Crippen LogP contribution in [0.5, 0.6) is 0 Å². The smallest absolute Gasteiger partial charge is 0.275 e. The topological polar surface area (TPSA) is 84.2 Å². The zero-order chi connectivity index (χ0) is 15.9. The number of nitrogens with one attached hydrogen (secondary N) is 1. The van der Waals surface area contributed by atoms with Gasteiger partial charge in [0.25, 0.3) is 5.56 Å². The summed E-state index contributed by atoms with van der Waals surface area (Å²) in [5.41, 5.74) is -0.294. The van der Waals surface area contributed by atoms with Gasteiger partial charge in [-0.25, -0.2) is 4.68 Å². The van der Waals surface area contributed by atoms with Crippen LogP contribution in [-0.4, -0.2) is 45.5 Å². The van der Waals surface area contributed by atoms with Crippen LogP contribution in [0.25, 0.3) is 10.8 Å². The monoisotopic (exact) mass is 321 g/mol. The molecular formula is C15H19N3O3S. The van der Waals surface area contributed by atoms with E-state index in [4.69, 9.17) is 0 Å². The average Bonchev–Trinajstić information content (AvgIpc) is 2.54. The van der Waals surface area contributed by atoms with Crippen LogP contribution < -0.4 is 10.9 Å². The Hall–Kier alpha value is -1.86. The number of aromatic nitrogens is 2. The van der Waals surface area contributed by atoms with Crippen molar-refractivity contribution in [2.24, 2.45) is 0 Å². The maximum atomic E-state index is 12.3. The number of rotatable bonds is 7. The van der Waals surface area contributed by atoms with Crippen molar-refractivity contribution in [3.63, 3.8) is 0 Å². The van der Waals surface area contributed by atoms with Crippen LogP contribution in [0.3, 0.4) is 0 Å². The average molecular weight is 321 g/mol. The van der Waals surface area contributed by atoms with E-state index in [0.717, 1.165) is 15.8 Å². The van der Waals surface area contributed by atoms with E-state index in [-0.39, 0.29) is 30.7 Å². The lowest BCUT2D eigenvalue weighted by molar-refractivity contribution is -0.122. The molecule has 0 saturated carbocycles. The van der Waals surface area contributed by atoms with Crippen LogP contribution in [0.2, 0.25) is 0 Å². The standard InChI is InChI=1S/C15H19N3O3S/c1-22-7-6-12(10-19)17-14(20)9-18-15(21)13-5-3-2-4-11(13)8-16-18/h2-5,8,12,19H,6-7,9-10H2,1H3,(H,17,20). The van der Waals surface area contributed by atoms with Gasteiger partial charge in [-0.2, -0.15) is 16.9 Å². The molecule has 0 aliphatic heterocycles. The fourth-order valence-corrected chi connectivity index (χ4v) is 2.64. The fraction of sp³-hybridized carbons (Fsp3) is 0.400. The first-order valence-electron chi connectivity index (χ1n) is 6.99. The summed E-state index contributed by atoms with van der Waals surface area (Å²) >= 11 is 1.65. The predicted octanol–water partition coefficient (Wildman–Crippen LogP) is 0.627. The molecule has 0 aliphatic carbocycles. The van der Waals surface area contributed by atoms with Crippen LogP contribution in [-0.2, 0) is 11.3 Å². The van der Waals surface area contributed by atoms with Gasteiger partial charge in [0.2, 0.25) is 5.91 Å². The summed E-state index contributed by atoms with van der Waals surface area (Å²) in [6.45, 7) is -0.272. The molecule has 1 atom stereocenters. The van der Waals surface area contributed by atoms with E-state index in [1.807, 2.05) is 12.3 Å². The van der Waals surface area contributed by atoms with Gasteiger partial charge in [0.1, 0.15) is 6.54 Å². The minimum atomic E-state index is -0.329. The zero-order valence-electron chi connectivity index (χ0n) is 12.4. The highest BCUT2D eigenvalue weighted by atomic mass is 32.2. The minimum Gasteiger partial charge on any atom is -0.394 e. The normalized spacial score (nSPS) is 12.3. The van der Waals surface area contributed by atoms with Crippen LogP contribution in [0, 0.1) is 0 Å². The molecule has 1 aromatic heterocycles. The molecule has 0 saturated heterocycles. The molecule has 0 spiro atoms. The molecule has 2 rings (SSSR count). The molecule has 0 bridgehead atoms. The van der Waals surface area contributed by atoms with Gasteiger partial charge >= 0.3 is 0 Å². The van der Waals surface area contributed by atoms with Crippen LogP contribution in [0.1, 0.15) is 6.42 Å². The van der Waals surface area contributed by atoms with Crippen molar-refractivity contribution < 1.29 is 9.90 Å². The Bertz CT molecular complexity index is 702. The molecule has 22 heavy (non-hydrogen) atoms. The first-order valence-corrected chi connectivity index (χ1v) is 8.39. The van der Waals surface area contributed by atoms with Gasteiger partial charge in [-0.05, 0) is 24.5 Å². The summed E-state index contributed by atoms with van der Waals surface area (Å²) in [6.07, 6.45) is 4.22. The summed E-state index contributed by atoms with van der Waals surface area (Å²) in [7, 11) is 0. The second-order valence-corrected chi connectivity index (χ2v) is 5.91. The lowest BCUT2D eigenvalue weighted by Gasteiger charge is -2.16. The van der Waals surface area contributed by atoms with Crippen molar-refractivity contribution in [3.05, 3.63) is 40.8 Å². The molecule has 0 aliphatic rings. The molecule has 6 nitrogen and oxygen atoms in total. The SMILES string of the molecule is CSCCC(CO)NC(=O)Cn1ncc2ccccc2c1=O. The number of fused-ring (bicyclic) bond motifs is 1. The number of hydrogen-bond acceptors (Lipinski definition) is 5. The van der Waals surface area contributed by atoms with Crippen molar-refractivity contribution in [1.29, 1.82) is 0 Å². The maximum Gasteiger partial charge on any atom is 0.275 e. The molecule has 2 N–H and O–H groups in total. The number of amides is 1. The van der Waals surface area contributed by atoms with Crippen LogP contribution in [0.4, 0.5) is 0 Å². The molecule has 7 heteroatoms. The number of aliphatic hydroxyl groups is 1. The number of carbonyl (C=O) groups is 1. The van der Waals surface area contributed by atoms with E-state index < -0.39 is 0 Å². The quantitative estimate of drug-likeness (QED) is 0.781. The van der Waals surface area contributed by atoms with Gasteiger partial charge < -0.3 is 10.4 Å².